The Morgan fingerprint density at radius 3 is 3.00 bits per heavy atom. The number of aryl methyl sites for hydroxylation is 2. The molecule has 0 radical (unpaired) electrons. The number of hydrogen-bond donors (Lipinski definition) is 1. The Morgan fingerprint density at radius 1 is 1.47 bits per heavy atom. The van der Waals surface area contributed by atoms with Crippen molar-refractivity contribution in [3.05, 3.63) is 33.6 Å². The maximum atomic E-state index is 5.13. The Balaban J connectivity index is 1.69. The summed E-state index contributed by atoms with van der Waals surface area (Å²) in [7, 11) is 0. The quantitative estimate of drug-likeness (QED) is 0.801. The molecule has 0 aliphatic carbocycles. The first-order valence-corrected chi connectivity index (χ1v) is 6.72. The highest BCUT2D eigenvalue weighted by molar-refractivity contribution is 7.09. The molecular formula is C12H17N3OS. The van der Waals surface area contributed by atoms with E-state index in [0.717, 1.165) is 43.1 Å². The van der Waals surface area contributed by atoms with Gasteiger partial charge in [0, 0.05) is 31.0 Å². The third-order valence-electron chi connectivity index (χ3n) is 2.43. The average Bonchev–Trinajstić information content (AvgIpc) is 2.93. The summed E-state index contributed by atoms with van der Waals surface area (Å²) in [6, 6.07) is 1.97. The van der Waals surface area contributed by atoms with Gasteiger partial charge in [0.05, 0.1) is 16.4 Å². The Morgan fingerprint density at radius 2 is 2.35 bits per heavy atom. The van der Waals surface area contributed by atoms with Crippen LogP contribution in [0.25, 0.3) is 0 Å². The van der Waals surface area contributed by atoms with E-state index in [1.807, 2.05) is 13.0 Å². The van der Waals surface area contributed by atoms with Crippen LogP contribution in [0.4, 0.5) is 0 Å². The van der Waals surface area contributed by atoms with Gasteiger partial charge in [-0.2, -0.15) is 0 Å². The van der Waals surface area contributed by atoms with Crippen LogP contribution in [0.5, 0.6) is 0 Å². The van der Waals surface area contributed by atoms with E-state index < -0.39 is 0 Å². The van der Waals surface area contributed by atoms with Crippen LogP contribution in [0.3, 0.4) is 0 Å². The van der Waals surface area contributed by atoms with Crippen LogP contribution >= 0.6 is 11.3 Å². The molecule has 0 aliphatic rings. The van der Waals surface area contributed by atoms with E-state index in [4.69, 9.17) is 4.52 Å². The monoisotopic (exact) mass is 251 g/mol. The predicted molar refractivity (Wildman–Crippen MR) is 68.1 cm³/mol. The number of nitrogens with zero attached hydrogens (tertiary/aromatic N) is 2. The summed E-state index contributed by atoms with van der Waals surface area (Å²) in [5, 5.41) is 10.5. The van der Waals surface area contributed by atoms with Gasteiger partial charge >= 0.3 is 0 Å². The van der Waals surface area contributed by atoms with Gasteiger partial charge in [-0.3, -0.25) is 0 Å². The van der Waals surface area contributed by atoms with Gasteiger partial charge in [0.1, 0.15) is 5.76 Å². The van der Waals surface area contributed by atoms with Gasteiger partial charge in [0.25, 0.3) is 0 Å². The number of rotatable bonds is 6. The molecule has 2 heterocycles. The van der Waals surface area contributed by atoms with Crippen molar-refractivity contribution in [2.45, 2.75) is 33.2 Å². The first-order chi connectivity index (χ1) is 8.28. The fraction of sp³-hybridized carbons (Fsp3) is 0.500. The van der Waals surface area contributed by atoms with Gasteiger partial charge in [-0.05, 0) is 13.3 Å². The molecule has 92 valence electrons. The maximum Gasteiger partial charge on any atom is 0.138 e. The van der Waals surface area contributed by atoms with Gasteiger partial charge in [0.2, 0.25) is 0 Å². The van der Waals surface area contributed by atoms with Crippen molar-refractivity contribution in [2.24, 2.45) is 0 Å². The number of hydrogen-bond acceptors (Lipinski definition) is 5. The van der Waals surface area contributed by atoms with E-state index in [0.29, 0.717) is 0 Å². The molecule has 0 aliphatic heterocycles. The fourth-order valence-corrected chi connectivity index (χ4v) is 2.30. The Labute approximate surface area is 105 Å². The number of thiazole rings is 1. The topological polar surface area (TPSA) is 51.0 Å². The Kier molecular flexibility index (Phi) is 4.28. The molecule has 5 heteroatoms. The normalized spacial score (nSPS) is 10.9. The van der Waals surface area contributed by atoms with Crippen molar-refractivity contribution in [3.8, 4) is 0 Å². The molecule has 0 atom stereocenters. The molecule has 0 saturated heterocycles. The van der Waals surface area contributed by atoms with E-state index in [2.05, 4.69) is 27.8 Å². The van der Waals surface area contributed by atoms with E-state index in [9.17, 15) is 0 Å². The molecule has 0 saturated carbocycles. The summed E-state index contributed by atoms with van der Waals surface area (Å²) in [6.07, 6.45) is 1.88. The number of nitrogens with one attached hydrogen (secondary N) is 1. The van der Waals surface area contributed by atoms with Gasteiger partial charge in [-0.25, -0.2) is 4.98 Å². The van der Waals surface area contributed by atoms with Crippen molar-refractivity contribution < 1.29 is 4.52 Å². The zero-order valence-corrected chi connectivity index (χ0v) is 11.0. The summed E-state index contributed by atoms with van der Waals surface area (Å²) in [4.78, 5) is 4.50. The molecule has 1 N–H and O–H groups in total. The van der Waals surface area contributed by atoms with Crippen LogP contribution in [-0.4, -0.2) is 16.7 Å². The molecule has 0 spiro atoms. The van der Waals surface area contributed by atoms with E-state index >= 15 is 0 Å². The van der Waals surface area contributed by atoms with E-state index in [1.54, 1.807) is 11.3 Å². The van der Waals surface area contributed by atoms with Crippen molar-refractivity contribution in [1.82, 2.24) is 15.5 Å². The fourth-order valence-electron chi connectivity index (χ4n) is 1.55. The second-order valence-electron chi connectivity index (χ2n) is 3.95. The zero-order valence-electron chi connectivity index (χ0n) is 10.2. The lowest BCUT2D eigenvalue weighted by Gasteiger charge is -1.99. The molecule has 2 aromatic heterocycles. The first kappa shape index (κ1) is 12.3. The van der Waals surface area contributed by atoms with Gasteiger partial charge < -0.3 is 9.84 Å². The Hall–Kier alpha value is -1.20. The minimum Gasteiger partial charge on any atom is -0.361 e. The summed E-state index contributed by atoms with van der Waals surface area (Å²) in [5.41, 5.74) is 2.06. The zero-order chi connectivity index (χ0) is 12.1. The van der Waals surface area contributed by atoms with Crippen LogP contribution < -0.4 is 5.32 Å². The SMILES string of the molecule is CCc1nc(CNCCc2cc(C)no2)cs1. The lowest BCUT2D eigenvalue weighted by Crippen LogP contribution is -2.16. The molecule has 2 aromatic rings. The van der Waals surface area contributed by atoms with Gasteiger partial charge in [-0.15, -0.1) is 11.3 Å². The lowest BCUT2D eigenvalue weighted by atomic mass is 10.3. The predicted octanol–water partition coefficient (Wildman–Crippen LogP) is 2.33. The average molecular weight is 251 g/mol. The number of aromatic nitrogens is 2. The second kappa shape index (κ2) is 5.93. The standard InChI is InChI=1S/C12H17N3OS/c1-3-12-14-10(8-17-12)7-13-5-4-11-6-9(2)15-16-11/h6,8,13H,3-5,7H2,1-2H3. The van der Waals surface area contributed by atoms with E-state index in [-0.39, 0.29) is 0 Å². The lowest BCUT2D eigenvalue weighted by molar-refractivity contribution is 0.377. The van der Waals surface area contributed by atoms with Crippen LogP contribution in [0.2, 0.25) is 0 Å². The maximum absolute atomic E-state index is 5.13. The molecule has 0 aromatic carbocycles. The largest absolute Gasteiger partial charge is 0.361 e. The highest BCUT2D eigenvalue weighted by atomic mass is 32.1. The van der Waals surface area contributed by atoms with Crippen molar-refractivity contribution in [2.75, 3.05) is 6.54 Å². The third kappa shape index (κ3) is 3.64. The molecule has 17 heavy (non-hydrogen) atoms. The van der Waals surface area contributed by atoms with Crippen molar-refractivity contribution in [1.29, 1.82) is 0 Å². The highest BCUT2D eigenvalue weighted by Gasteiger charge is 2.02. The van der Waals surface area contributed by atoms with Crippen LogP contribution in [0, 0.1) is 6.92 Å². The van der Waals surface area contributed by atoms with Gasteiger partial charge in [0.15, 0.2) is 0 Å². The molecule has 0 amide bonds. The molecule has 0 fully saturated rings. The van der Waals surface area contributed by atoms with E-state index in [1.165, 1.54) is 5.01 Å². The van der Waals surface area contributed by atoms with Crippen molar-refractivity contribution in [3.63, 3.8) is 0 Å². The van der Waals surface area contributed by atoms with Crippen LogP contribution in [-0.2, 0) is 19.4 Å². The van der Waals surface area contributed by atoms with Crippen molar-refractivity contribution >= 4 is 11.3 Å². The first-order valence-electron chi connectivity index (χ1n) is 5.84. The van der Waals surface area contributed by atoms with Crippen LogP contribution in [0.15, 0.2) is 16.0 Å². The van der Waals surface area contributed by atoms with Crippen LogP contribution in [0.1, 0.15) is 29.1 Å². The molecule has 0 bridgehead atoms. The summed E-state index contributed by atoms with van der Waals surface area (Å²) in [6.45, 7) is 5.77. The third-order valence-corrected chi connectivity index (χ3v) is 3.47. The highest BCUT2D eigenvalue weighted by Crippen LogP contribution is 2.09. The molecular weight excluding hydrogens is 234 g/mol. The molecule has 2 rings (SSSR count). The van der Waals surface area contributed by atoms with Gasteiger partial charge in [-0.1, -0.05) is 12.1 Å². The summed E-state index contributed by atoms with van der Waals surface area (Å²) < 4.78 is 5.13. The molecule has 0 unspecified atom stereocenters. The minimum absolute atomic E-state index is 0.823. The summed E-state index contributed by atoms with van der Waals surface area (Å²) >= 11 is 1.73. The smallest absolute Gasteiger partial charge is 0.138 e. The second-order valence-corrected chi connectivity index (χ2v) is 4.89. The molecule has 4 nitrogen and oxygen atoms in total. The summed E-state index contributed by atoms with van der Waals surface area (Å²) in [5.74, 6) is 0.933. The Bertz CT molecular complexity index is 464. The minimum atomic E-state index is 0.823.